The standard InChI is InChI=1S/C24H25BO3/c1-23(2)24(3,4)28-25(27-23)17-10-7-9-16(15-17)18-12-8-13-20-19-11-5-6-14-21(19)26-22(18)20/h5-7,9-11,13-15H,8,12H2,1-4H3. The van der Waals surface area contributed by atoms with Crippen LogP contribution in [0.2, 0.25) is 0 Å². The van der Waals surface area contributed by atoms with Crippen molar-refractivity contribution in [2.75, 3.05) is 0 Å². The summed E-state index contributed by atoms with van der Waals surface area (Å²) < 4.78 is 18.8. The van der Waals surface area contributed by atoms with Crippen molar-refractivity contribution in [1.82, 2.24) is 0 Å². The number of fused-ring (bicyclic) bond motifs is 3. The molecule has 0 bridgehead atoms. The lowest BCUT2D eigenvalue weighted by molar-refractivity contribution is 0.00578. The van der Waals surface area contributed by atoms with Gasteiger partial charge >= 0.3 is 7.12 Å². The van der Waals surface area contributed by atoms with Gasteiger partial charge in [-0.25, -0.2) is 0 Å². The molecule has 0 N–H and O–H groups in total. The highest BCUT2D eigenvalue weighted by molar-refractivity contribution is 6.62. The van der Waals surface area contributed by atoms with Crippen LogP contribution >= 0.6 is 0 Å². The molecule has 2 aliphatic rings. The zero-order valence-corrected chi connectivity index (χ0v) is 16.9. The molecule has 2 heterocycles. The first-order chi connectivity index (χ1) is 13.4. The topological polar surface area (TPSA) is 31.6 Å². The summed E-state index contributed by atoms with van der Waals surface area (Å²) in [7, 11) is -0.351. The monoisotopic (exact) mass is 372 g/mol. The molecule has 0 saturated carbocycles. The fraction of sp³-hybridized carbons (Fsp3) is 0.333. The third-order valence-electron chi connectivity index (χ3n) is 6.41. The van der Waals surface area contributed by atoms with E-state index >= 15 is 0 Å². The molecule has 4 heteroatoms. The largest absolute Gasteiger partial charge is 0.494 e. The molecule has 142 valence electrons. The second-order valence-corrected chi connectivity index (χ2v) is 8.78. The van der Waals surface area contributed by atoms with Gasteiger partial charge in [0.1, 0.15) is 11.0 Å². The van der Waals surface area contributed by atoms with Crippen LogP contribution in [0.25, 0.3) is 22.6 Å². The van der Waals surface area contributed by atoms with E-state index < -0.39 is 0 Å². The van der Waals surface area contributed by atoms with Crippen molar-refractivity contribution in [3.8, 4) is 0 Å². The van der Waals surface area contributed by atoms with Crippen molar-refractivity contribution in [3.05, 3.63) is 64.7 Å². The molecular formula is C24H25BO3. The van der Waals surface area contributed by atoms with Crippen LogP contribution in [0.5, 0.6) is 0 Å². The van der Waals surface area contributed by atoms with Crippen molar-refractivity contribution < 1.29 is 13.7 Å². The van der Waals surface area contributed by atoms with E-state index in [1.165, 1.54) is 21.7 Å². The number of furan rings is 1. The molecule has 1 aliphatic carbocycles. The smallest absolute Gasteiger partial charge is 0.456 e. The predicted octanol–water partition coefficient (Wildman–Crippen LogP) is 3.51. The first-order valence-electron chi connectivity index (χ1n) is 10.0. The lowest BCUT2D eigenvalue weighted by Crippen LogP contribution is -2.41. The summed E-state index contributed by atoms with van der Waals surface area (Å²) >= 11 is 0. The van der Waals surface area contributed by atoms with Crippen LogP contribution in [0.3, 0.4) is 0 Å². The summed E-state index contributed by atoms with van der Waals surface area (Å²) in [5.41, 5.74) is 4.76. The Hall–Kier alpha value is -2.30. The van der Waals surface area contributed by atoms with Gasteiger partial charge in [0.2, 0.25) is 0 Å². The fourth-order valence-electron chi connectivity index (χ4n) is 4.09. The van der Waals surface area contributed by atoms with Crippen LogP contribution in [0.1, 0.15) is 46.1 Å². The van der Waals surface area contributed by atoms with Gasteiger partial charge < -0.3 is 13.7 Å². The second kappa shape index (κ2) is 6.10. The maximum absolute atomic E-state index is 6.26. The van der Waals surface area contributed by atoms with E-state index in [1.54, 1.807) is 0 Å². The summed E-state index contributed by atoms with van der Waals surface area (Å²) in [6.45, 7) is 8.35. The van der Waals surface area contributed by atoms with Crippen molar-refractivity contribution in [2.24, 2.45) is 0 Å². The van der Waals surface area contributed by atoms with Gasteiger partial charge in [-0.05, 0) is 57.6 Å². The van der Waals surface area contributed by atoms with E-state index in [2.05, 4.69) is 70.2 Å². The van der Waals surface area contributed by atoms with Crippen molar-refractivity contribution in [3.63, 3.8) is 0 Å². The Labute approximate surface area is 165 Å². The van der Waals surface area contributed by atoms with Crippen LogP contribution in [0.4, 0.5) is 0 Å². The summed E-state index contributed by atoms with van der Waals surface area (Å²) in [6.07, 6.45) is 4.29. The van der Waals surface area contributed by atoms with Crippen LogP contribution < -0.4 is 16.1 Å². The zero-order chi connectivity index (χ0) is 19.5. The number of hydrogen-bond acceptors (Lipinski definition) is 3. The molecule has 1 fully saturated rings. The average molecular weight is 372 g/mol. The summed E-state index contributed by atoms with van der Waals surface area (Å²) in [5.74, 6) is 0. The van der Waals surface area contributed by atoms with E-state index in [-0.39, 0.29) is 18.3 Å². The van der Waals surface area contributed by atoms with Crippen molar-refractivity contribution in [2.45, 2.75) is 51.7 Å². The molecule has 0 radical (unpaired) electrons. The Morgan fingerprint density at radius 3 is 2.43 bits per heavy atom. The second-order valence-electron chi connectivity index (χ2n) is 8.78. The normalized spacial score (nSPS) is 20.3. The van der Waals surface area contributed by atoms with E-state index in [4.69, 9.17) is 13.7 Å². The van der Waals surface area contributed by atoms with Crippen LogP contribution in [0, 0.1) is 0 Å². The van der Waals surface area contributed by atoms with Crippen LogP contribution in [0.15, 0.2) is 52.9 Å². The first kappa shape index (κ1) is 17.8. The molecule has 1 saturated heterocycles. The molecule has 0 atom stereocenters. The Balaban J connectivity index is 1.63. The molecule has 0 unspecified atom stereocenters. The van der Waals surface area contributed by atoms with Crippen LogP contribution in [-0.2, 0) is 9.31 Å². The van der Waals surface area contributed by atoms with Gasteiger partial charge in [-0.2, -0.15) is 0 Å². The van der Waals surface area contributed by atoms with Gasteiger partial charge in [0.25, 0.3) is 0 Å². The average Bonchev–Trinajstić information content (AvgIpc) is 3.15. The lowest BCUT2D eigenvalue weighted by Gasteiger charge is -2.32. The molecule has 1 aliphatic heterocycles. The minimum Gasteiger partial charge on any atom is -0.456 e. The zero-order valence-electron chi connectivity index (χ0n) is 16.9. The first-order valence-corrected chi connectivity index (χ1v) is 10.0. The molecule has 5 rings (SSSR count). The fourth-order valence-corrected chi connectivity index (χ4v) is 4.09. The van der Waals surface area contributed by atoms with Gasteiger partial charge in [0.15, 0.2) is 0 Å². The number of para-hydroxylation sites is 1. The Bertz CT molecular complexity index is 1170. The number of rotatable bonds is 2. The SMILES string of the molecule is CC1(C)OB(c2cccc(C3=c4oc5ccccc5c4=CCC3)c2)OC1(C)C. The van der Waals surface area contributed by atoms with Gasteiger partial charge in [-0.3, -0.25) is 0 Å². The number of hydrogen-bond donors (Lipinski definition) is 0. The van der Waals surface area contributed by atoms with Gasteiger partial charge in [-0.1, -0.05) is 48.5 Å². The van der Waals surface area contributed by atoms with Crippen LogP contribution in [-0.4, -0.2) is 18.3 Å². The summed E-state index contributed by atoms with van der Waals surface area (Å²) in [4.78, 5) is 0. The highest BCUT2D eigenvalue weighted by Gasteiger charge is 2.51. The minimum absolute atomic E-state index is 0.341. The van der Waals surface area contributed by atoms with Gasteiger partial charge in [0, 0.05) is 16.2 Å². The highest BCUT2D eigenvalue weighted by Crippen LogP contribution is 2.36. The van der Waals surface area contributed by atoms with Gasteiger partial charge in [0.05, 0.1) is 11.2 Å². The van der Waals surface area contributed by atoms with E-state index in [0.29, 0.717) is 0 Å². The molecule has 1 aromatic heterocycles. The lowest BCUT2D eigenvalue weighted by atomic mass is 9.77. The Morgan fingerprint density at radius 2 is 1.64 bits per heavy atom. The number of benzene rings is 2. The third-order valence-corrected chi connectivity index (χ3v) is 6.41. The van der Waals surface area contributed by atoms with E-state index in [9.17, 15) is 0 Å². The Morgan fingerprint density at radius 1 is 0.893 bits per heavy atom. The highest BCUT2D eigenvalue weighted by atomic mass is 16.7. The molecule has 3 aromatic rings. The quantitative estimate of drug-likeness (QED) is 0.646. The third kappa shape index (κ3) is 2.67. The predicted molar refractivity (Wildman–Crippen MR) is 114 cm³/mol. The molecule has 0 amide bonds. The molecule has 0 spiro atoms. The molecule has 28 heavy (non-hydrogen) atoms. The Kier molecular flexibility index (Phi) is 3.87. The maximum atomic E-state index is 6.26. The van der Waals surface area contributed by atoms with Gasteiger partial charge in [-0.15, -0.1) is 0 Å². The van der Waals surface area contributed by atoms with E-state index in [0.717, 1.165) is 29.3 Å². The summed E-state index contributed by atoms with van der Waals surface area (Å²) in [6, 6.07) is 16.8. The minimum atomic E-state index is -0.351. The maximum Gasteiger partial charge on any atom is 0.494 e. The summed E-state index contributed by atoms with van der Waals surface area (Å²) in [5, 5.41) is 2.41. The molecule has 3 nitrogen and oxygen atoms in total. The van der Waals surface area contributed by atoms with Crippen molar-refractivity contribution in [1.29, 1.82) is 0 Å². The molecule has 2 aromatic carbocycles. The van der Waals surface area contributed by atoms with E-state index in [1.807, 2.05) is 12.1 Å². The molecular weight excluding hydrogens is 347 g/mol. The van der Waals surface area contributed by atoms with Crippen molar-refractivity contribution >= 4 is 35.2 Å².